The third-order valence-corrected chi connectivity index (χ3v) is 2.96. The maximum Gasteiger partial charge on any atom is 0.0581 e. The Morgan fingerprint density at radius 3 is 2.71 bits per heavy atom. The summed E-state index contributed by atoms with van der Waals surface area (Å²) >= 11 is 11.6. The molecule has 0 spiro atoms. The summed E-state index contributed by atoms with van der Waals surface area (Å²) in [6.07, 6.45) is 7.73. The first-order chi connectivity index (χ1) is 8.15. The van der Waals surface area contributed by atoms with E-state index in [4.69, 9.17) is 23.2 Å². The van der Waals surface area contributed by atoms with E-state index in [0.717, 1.165) is 24.1 Å². The Morgan fingerprint density at radius 1 is 1.41 bits per heavy atom. The zero-order valence-electron chi connectivity index (χ0n) is 10.2. The maximum atomic E-state index is 5.96. The van der Waals surface area contributed by atoms with Crippen LogP contribution in [0.2, 0.25) is 0 Å². The largest absolute Gasteiger partial charge is 0.261 e. The third kappa shape index (κ3) is 5.38. The molecule has 0 fully saturated rings. The molecule has 1 rings (SSSR count). The van der Waals surface area contributed by atoms with Crippen LogP contribution in [-0.4, -0.2) is 10.9 Å². The summed E-state index contributed by atoms with van der Waals surface area (Å²) in [4.78, 5) is 4.39. The number of hydrogen-bond acceptors (Lipinski definition) is 1. The second-order valence-electron chi connectivity index (χ2n) is 3.92. The number of halogens is 2. The average Bonchev–Trinajstić information content (AvgIpc) is 2.32. The molecule has 1 heterocycles. The minimum absolute atomic E-state index is 0.351. The zero-order valence-corrected chi connectivity index (χ0v) is 11.7. The Bertz CT molecular complexity index is 405. The molecule has 0 aliphatic carbocycles. The molecule has 3 heteroatoms. The number of aryl methyl sites for hydroxylation is 1. The van der Waals surface area contributed by atoms with Gasteiger partial charge in [-0.3, -0.25) is 4.98 Å². The van der Waals surface area contributed by atoms with E-state index in [1.165, 1.54) is 5.56 Å². The lowest BCUT2D eigenvalue weighted by atomic mass is 10.1. The average molecular weight is 270 g/mol. The number of alkyl halides is 1. The first kappa shape index (κ1) is 14.3. The van der Waals surface area contributed by atoms with E-state index in [0.29, 0.717) is 10.9 Å². The van der Waals surface area contributed by atoms with Gasteiger partial charge in [0.15, 0.2) is 0 Å². The topological polar surface area (TPSA) is 12.9 Å². The summed E-state index contributed by atoms with van der Waals surface area (Å²) in [6, 6.07) is 4.11. The van der Waals surface area contributed by atoms with Crippen LogP contribution in [0.1, 0.15) is 24.6 Å². The van der Waals surface area contributed by atoms with Crippen molar-refractivity contribution < 1.29 is 0 Å². The van der Waals surface area contributed by atoms with Gasteiger partial charge in [0.1, 0.15) is 0 Å². The van der Waals surface area contributed by atoms with Gasteiger partial charge >= 0.3 is 0 Å². The van der Waals surface area contributed by atoms with Crippen molar-refractivity contribution in [3.8, 4) is 0 Å². The number of allylic oxidation sites excluding steroid dienone is 4. The molecule has 0 radical (unpaired) electrons. The fraction of sp³-hybridized carbons (Fsp3) is 0.357. The van der Waals surface area contributed by atoms with Crippen molar-refractivity contribution in [2.75, 3.05) is 5.88 Å². The molecule has 0 saturated carbocycles. The van der Waals surface area contributed by atoms with Gasteiger partial charge in [-0.15, -0.1) is 11.6 Å². The Balaban J connectivity index is 2.81. The number of rotatable bonds is 5. The SMILES string of the molecule is CC/C=C(\C=C(\Cl)CCl)Cc1ccc(C)cn1. The van der Waals surface area contributed by atoms with Crippen LogP contribution in [0.4, 0.5) is 0 Å². The molecule has 0 aliphatic rings. The molecule has 0 N–H and O–H groups in total. The van der Waals surface area contributed by atoms with E-state index in [-0.39, 0.29) is 0 Å². The summed E-state index contributed by atoms with van der Waals surface area (Å²) in [6.45, 7) is 4.13. The molecule has 0 unspecified atom stereocenters. The standard InChI is InChI=1S/C14H17Cl2N/c1-3-4-12(7-13(16)9-15)8-14-6-5-11(2)10-17-14/h4-7,10H,3,8-9H2,1-2H3/b12-4+,13-7+. The van der Waals surface area contributed by atoms with Crippen molar-refractivity contribution in [2.24, 2.45) is 0 Å². The van der Waals surface area contributed by atoms with Gasteiger partial charge in [0.2, 0.25) is 0 Å². The smallest absolute Gasteiger partial charge is 0.0581 e. The molecule has 1 aromatic heterocycles. The van der Waals surface area contributed by atoms with E-state index in [1.807, 2.05) is 25.3 Å². The number of pyridine rings is 1. The third-order valence-electron chi connectivity index (χ3n) is 2.29. The highest BCUT2D eigenvalue weighted by Gasteiger charge is 2.00. The van der Waals surface area contributed by atoms with Crippen LogP contribution in [0.15, 0.2) is 41.1 Å². The van der Waals surface area contributed by atoms with Crippen LogP contribution in [0.5, 0.6) is 0 Å². The predicted molar refractivity (Wildman–Crippen MR) is 75.7 cm³/mol. The molecule has 1 nitrogen and oxygen atoms in total. The summed E-state index contributed by atoms with van der Waals surface area (Å²) in [5.74, 6) is 0.351. The molecule has 0 aromatic carbocycles. The molecular formula is C14H17Cl2N. The van der Waals surface area contributed by atoms with Gasteiger partial charge in [0, 0.05) is 23.3 Å². The molecule has 0 aliphatic heterocycles. The first-order valence-corrected chi connectivity index (χ1v) is 6.59. The summed E-state index contributed by atoms with van der Waals surface area (Å²) in [7, 11) is 0. The normalized spacial score (nSPS) is 12.9. The Hall–Kier alpha value is -0.790. The van der Waals surface area contributed by atoms with Crippen LogP contribution >= 0.6 is 23.2 Å². The summed E-state index contributed by atoms with van der Waals surface area (Å²) in [5.41, 5.74) is 3.38. The monoisotopic (exact) mass is 269 g/mol. The molecular weight excluding hydrogens is 253 g/mol. The highest BCUT2D eigenvalue weighted by atomic mass is 35.5. The molecule has 1 aromatic rings. The van der Waals surface area contributed by atoms with Crippen LogP contribution < -0.4 is 0 Å². The van der Waals surface area contributed by atoms with E-state index >= 15 is 0 Å². The van der Waals surface area contributed by atoms with Crippen molar-refractivity contribution in [3.63, 3.8) is 0 Å². The van der Waals surface area contributed by atoms with Crippen molar-refractivity contribution in [1.29, 1.82) is 0 Å². The lowest BCUT2D eigenvalue weighted by Crippen LogP contribution is -1.93. The van der Waals surface area contributed by atoms with Gasteiger partial charge in [-0.2, -0.15) is 0 Å². The van der Waals surface area contributed by atoms with Gasteiger partial charge in [-0.1, -0.05) is 30.7 Å². The molecule has 0 amide bonds. The minimum atomic E-state index is 0.351. The fourth-order valence-corrected chi connectivity index (χ4v) is 1.71. The molecule has 0 atom stereocenters. The van der Waals surface area contributed by atoms with Gasteiger partial charge in [-0.25, -0.2) is 0 Å². The van der Waals surface area contributed by atoms with Crippen molar-refractivity contribution >= 4 is 23.2 Å². The van der Waals surface area contributed by atoms with Crippen molar-refractivity contribution in [3.05, 3.63) is 52.3 Å². The van der Waals surface area contributed by atoms with Crippen LogP contribution in [0, 0.1) is 6.92 Å². The van der Waals surface area contributed by atoms with E-state index in [9.17, 15) is 0 Å². The van der Waals surface area contributed by atoms with Gasteiger partial charge in [-0.05, 0) is 36.6 Å². The predicted octanol–water partition coefficient (Wildman–Crippen LogP) is 4.63. The number of hydrogen-bond donors (Lipinski definition) is 0. The van der Waals surface area contributed by atoms with Crippen molar-refractivity contribution in [2.45, 2.75) is 26.7 Å². The lowest BCUT2D eigenvalue weighted by Gasteiger charge is -2.03. The molecule has 0 bridgehead atoms. The van der Waals surface area contributed by atoms with E-state index in [2.05, 4.69) is 24.1 Å². The van der Waals surface area contributed by atoms with E-state index in [1.54, 1.807) is 0 Å². The highest BCUT2D eigenvalue weighted by molar-refractivity contribution is 6.35. The first-order valence-electron chi connectivity index (χ1n) is 5.68. The van der Waals surface area contributed by atoms with Crippen LogP contribution in [0.25, 0.3) is 0 Å². The number of aromatic nitrogens is 1. The summed E-state index contributed by atoms with van der Waals surface area (Å²) in [5, 5.41) is 0.665. The maximum absolute atomic E-state index is 5.96. The Labute approximate surface area is 113 Å². The Kier molecular flexibility index (Phi) is 6.31. The second kappa shape index (κ2) is 7.52. The number of nitrogens with zero attached hydrogens (tertiary/aromatic N) is 1. The van der Waals surface area contributed by atoms with Gasteiger partial charge in [0.05, 0.1) is 5.88 Å². The molecule has 92 valence electrons. The second-order valence-corrected chi connectivity index (χ2v) is 4.67. The zero-order chi connectivity index (χ0) is 12.7. The van der Waals surface area contributed by atoms with Gasteiger partial charge < -0.3 is 0 Å². The quantitative estimate of drug-likeness (QED) is 0.561. The van der Waals surface area contributed by atoms with Crippen LogP contribution in [0.3, 0.4) is 0 Å². The van der Waals surface area contributed by atoms with Crippen molar-refractivity contribution in [1.82, 2.24) is 4.98 Å². The molecule has 0 saturated heterocycles. The minimum Gasteiger partial charge on any atom is -0.261 e. The highest BCUT2D eigenvalue weighted by Crippen LogP contribution is 2.14. The Morgan fingerprint density at radius 2 is 2.18 bits per heavy atom. The van der Waals surface area contributed by atoms with Crippen LogP contribution in [-0.2, 0) is 6.42 Å². The van der Waals surface area contributed by atoms with Gasteiger partial charge in [0.25, 0.3) is 0 Å². The van der Waals surface area contributed by atoms with E-state index < -0.39 is 0 Å². The fourth-order valence-electron chi connectivity index (χ4n) is 1.50. The summed E-state index contributed by atoms with van der Waals surface area (Å²) < 4.78 is 0. The molecule has 17 heavy (non-hydrogen) atoms. The lowest BCUT2D eigenvalue weighted by molar-refractivity contribution is 1.04.